The van der Waals surface area contributed by atoms with E-state index in [-0.39, 0.29) is 0 Å². The minimum atomic E-state index is 0.561. The molecule has 2 aromatic heterocycles. The van der Waals surface area contributed by atoms with Crippen LogP contribution < -0.4 is 5.32 Å². The Morgan fingerprint density at radius 1 is 1.45 bits per heavy atom. The van der Waals surface area contributed by atoms with E-state index in [9.17, 15) is 0 Å². The van der Waals surface area contributed by atoms with Crippen molar-refractivity contribution in [3.8, 4) is 10.8 Å². The Morgan fingerprint density at radius 3 is 3.05 bits per heavy atom. The van der Waals surface area contributed by atoms with Gasteiger partial charge < -0.3 is 9.73 Å². The van der Waals surface area contributed by atoms with Gasteiger partial charge in [-0.25, -0.2) is 4.98 Å². The highest BCUT2D eigenvalue weighted by molar-refractivity contribution is 7.14. The standard InChI is InChI=1S/C15H21N3OS/c1-10-8-18(11(2)6-16-10)9-13-7-17-15(20-13)14-5-4-12(3)19-14/h4-5,7,10-11,16H,6,8-9H2,1-3H3. The third-order valence-electron chi connectivity index (χ3n) is 3.76. The summed E-state index contributed by atoms with van der Waals surface area (Å²) >= 11 is 1.73. The molecule has 2 atom stereocenters. The fraction of sp³-hybridized carbons (Fsp3) is 0.533. The van der Waals surface area contributed by atoms with E-state index in [4.69, 9.17) is 4.42 Å². The molecule has 0 aromatic carbocycles. The number of nitrogens with one attached hydrogen (secondary N) is 1. The van der Waals surface area contributed by atoms with Crippen LogP contribution >= 0.6 is 11.3 Å². The first-order valence-electron chi connectivity index (χ1n) is 7.11. The lowest BCUT2D eigenvalue weighted by molar-refractivity contribution is 0.140. The van der Waals surface area contributed by atoms with Crippen molar-refractivity contribution < 1.29 is 4.42 Å². The summed E-state index contributed by atoms with van der Waals surface area (Å²) in [6.07, 6.45) is 1.98. The van der Waals surface area contributed by atoms with E-state index in [1.54, 1.807) is 11.3 Å². The number of aromatic nitrogens is 1. The molecule has 2 unspecified atom stereocenters. The summed E-state index contributed by atoms with van der Waals surface area (Å²) in [4.78, 5) is 8.31. The van der Waals surface area contributed by atoms with Gasteiger partial charge in [-0.1, -0.05) is 0 Å². The third-order valence-corrected chi connectivity index (χ3v) is 4.75. The van der Waals surface area contributed by atoms with Gasteiger partial charge in [0, 0.05) is 42.8 Å². The summed E-state index contributed by atoms with van der Waals surface area (Å²) in [7, 11) is 0. The number of thiazole rings is 1. The zero-order chi connectivity index (χ0) is 14.1. The van der Waals surface area contributed by atoms with Crippen LogP contribution in [-0.2, 0) is 6.54 Å². The molecule has 5 heteroatoms. The Bertz CT molecular complexity index is 577. The van der Waals surface area contributed by atoms with Crippen LogP contribution in [-0.4, -0.2) is 35.1 Å². The second-order valence-electron chi connectivity index (χ2n) is 5.63. The van der Waals surface area contributed by atoms with Crippen LogP contribution in [0.25, 0.3) is 10.8 Å². The number of piperazine rings is 1. The molecule has 108 valence electrons. The molecule has 1 fully saturated rings. The minimum Gasteiger partial charge on any atom is -0.459 e. The fourth-order valence-electron chi connectivity index (χ4n) is 2.56. The lowest BCUT2D eigenvalue weighted by Gasteiger charge is -2.37. The Labute approximate surface area is 123 Å². The average Bonchev–Trinajstić information content (AvgIpc) is 3.03. The van der Waals surface area contributed by atoms with Crippen molar-refractivity contribution in [1.82, 2.24) is 15.2 Å². The molecule has 0 bridgehead atoms. The van der Waals surface area contributed by atoms with Crippen molar-refractivity contribution in [2.45, 2.75) is 39.4 Å². The highest BCUT2D eigenvalue weighted by Crippen LogP contribution is 2.28. The molecule has 0 aliphatic carbocycles. The summed E-state index contributed by atoms with van der Waals surface area (Å²) in [5.41, 5.74) is 0. The van der Waals surface area contributed by atoms with Crippen molar-refractivity contribution >= 4 is 11.3 Å². The van der Waals surface area contributed by atoms with Crippen molar-refractivity contribution in [1.29, 1.82) is 0 Å². The van der Waals surface area contributed by atoms with Crippen molar-refractivity contribution in [2.75, 3.05) is 13.1 Å². The van der Waals surface area contributed by atoms with E-state index in [2.05, 4.69) is 29.0 Å². The molecule has 1 N–H and O–H groups in total. The van der Waals surface area contributed by atoms with Gasteiger partial charge in [0.15, 0.2) is 10.8 Å². The number of hydrogen-bond acceptors (Lipinski definition) is 5. The lowest BCUT2D eigenvalue weighted by atomic mass is 10.1. The average molecular weight is 291 g/mol. The summed E-state index contributed by atoms with van der Waals surface area (Å²) in [6, 6.07) is 5.11. The summed E-state index contributed by atoms with van der Waals surface area (Å²) < 4.78 is 5.64. The van der Waals surface area contributed by atoms with Crippen LogP contribution in [0, 0.1) is 6.92 Å². The van der Waals surface area contributed by atoms with Crippen LogP contribution in [0.3, 0.4) is 0 Å². The Hall–Kier alpha value is -1.17. The van der Waals surface area contributed by atoms with Gasteiger partial charge in [-0.05, 0) is 32.9 Å². The first-order valence-corrected chi connectivity index (χ1v) is 7.92. The monoisotopic (exact) mass is 291 g/mol. The third kappa shape index (κ3) is 2.95. The zero-order valence-electron chi connectivity index (χ0n) is 12.2. The number of nitrogens with zero attached hydrogens (tertiary/aromatic N) is 2. The topological polar surface area (TPSA) is 41.3 Å². The van der Waals surface area contributed by atoms with E-state index < -0.39 is 0 Å². The predicted molar refractivity (Wildman–Crippen MR) is 81.9 cm³/mol. The van der Waals surface area contributed by atoms with Gasteiger partial charge in [-0.2, -0.15) is 0 Å². The normalized spacial score (nSPS) is 24.1. The SMILES string of the molecule is Cc1ccc(-c2ncc(CN3CC(C)NCC3C)s2)o1. The molecule has 0 saturated carbocycles. The van der Waals surface area contributed by atoms with E-state index >= 15 is 0 Å². The Balaban J connectivity index is 1.70. The molecule has 20 heavy (non-hydrogen) atoms. The van der Waals surface area contributed by atoms with Crippen LogP contribution in [0.5, 0.6) is 0 Å². The smallest absolute Gasteiger partial charge is 0.162 e. The van der Waals surface area contributed by atoms with Gasteiger partial charge in [-0.3, -0.25) is 4.90 Å². The largest absolute Gasteiger partial charge is 0.459 e. The molecule has 1 aliphatic rings. The second-order valence-corrected chi connectivity index (χ2v) is 6.74. The maximum Gasteiger partial charge on any atom is 0.162 e. The number of rotatable bonds is 3. The van der Waals surface area contributed by atoms with Gasteiger partial charge in [-0.15, -0.1) is 11.3 Å². The van der Waals surface area contributed by atoms with Crippen LogP contribution in [0.15, 0.2) is 22.7 Å². The molecule has 4 nitrogen and oxygen atoms in total. The molecular formula is C15H21N3OS. The van der Waals surface area contributed by atoms with Crippen molar-refractivity contribution in [3.63, 3.8) is 0 Å². The van der Waals surface area contributed by atoms with Crippen LogP contribution in [0.2, 0.25) is 0 Å². The number of hydrogen-bond donors (Lipinski definition) is 1. The van der Waals surface area contributed by atoms with Gasteiger partial charge in [0.2, 0.25) is 0 Å². The fourth-order valence-corrected chi connectivity index (χ4v) is 3.46. The molecule has 0 radical (unpaired) electrons. The molecular weight excluding hydrogens is 270 g/mol. The zero-order valence-corrected chi connectivity index (χ0v) is 13.0. The van der Waals surface area contributed by atoms with E-state index in [1.165, 1.54) is 4.88 Å². The quantitative estimate of drug-likeness (QED) is 0.944. The van der Waals surface area contributed by atoms with E-state index in [0.717, 1.165) is 36.2 Å². The number of furan rings is 1. The molecule has 0 amide bonds. The summed E-state index contributed by atoms with van der Waals surface area (Å²) in [6.45, 7) is 9.60. The highest BCUT2D eigenvalue weighted by Gasteiger charge is 2.23. The first-order chi connectivity index (χ1) is 9.61. The highest BCUT2D eigenvalue weighted by atomic mass is 32.1. The van der Waals surface area contributed by atoms with Gasteiger partial charge in [0.05, 0.1) is 0 Å². The van der Waals surface area contributed by atoms with Crippen LogP contribution in [0.4, 0.5) is 0 Å². The number of aryl methyl sites for hydroxylation is 1. The molecule has 3 heterocycles. The van der Waals surface area contributed by atoms with Crippen LogP contribution in [0.1, 0.15) is 24.5 Å². The van der Waals surface area contributed by atoms with E-state index in [1.807, 2.05) is 25.3 Å². The molecule has 0 spiro atoms. The Morgan fingerprint density at radius 2 is 2.30 bits per heavy atom. The van der Waals surface area contributed by atoms with Gasteiger partial charge in [0.25, 0.3) is 0 Å². The maximum atomic E-state index is 5.64. The minimum absolute atomic E-state index is 0.561. The summed E-state index contributed by atoms with van der Waals surface area (Å²) in [5.74, 6) is 1.81. The van der Waals surface area contributed by atoms with Crippen molar-refractivity contribution in [3.05, 3.63) is 29.0 Å². The lowest BCUT2D eigenvalue weighted by Crippen LogP contribution is -2.53. The second kappa shape index (κ2) is 5.68. The molecule has 2 aromatic rings. The van der Waals surface area contributed by atoms with E-state index in [0.29, 0.717) is 12.1 Å². The van der Waals surface area contributed by atoms with Gasteiger partial charge in [0.1, 0.15) is 5.76 Å². The Kier molecular flexibility index (Phi) is 3.92. The van der Waals surface area contributed by atoms with Gasteiger partial charge >= 0.3 is 0 Å². The maximum absolute atomic E-state index is 5.64. The molecule has 3 rings (SSSR count). The molecule has 1 aliphatic heterocycles. The first kappa shape index (κ1) is 13.8. The molecule has 1 saturated heterocycles. The predicted octanol–water partition coefficient (Wildman–Crippen LogP) is 2.89. The summed E-state index contributed by atoms with van der Waals surface area (Å²) in [5, 5.41) is 4.49. The van der Waals surface area contributed by atoms with Crippen molar-refractivity contribution in [2.24, 2.45) is 0 Å².